The average Bonchev–Trinajstić information content (AvgIpc) is 1.98. The Hall–Kier alpha value is 0.160. The van der Waals surface area contributed by atoms with Crippen molar-refractivity contribution in [2.75, 3.05) is 25.0 Å². The van der Waals surface area contributed by atoms with E-state index in [1.165, 1.54) is 0 Å². The van der Waals surface area contributed by atoms with Crippen molar-refractivity contribution in [2.45, 2.75) is 6.92 Å². The highest BCUT2D eigenvalue weighted by atomic mass is 35.5. The van der Waals surface area contributed by atoms with Crippen LogP contribution in [0.1, 0.15) is 6.92 Å². The van der Waals surface area contributed by atoms with E-state index in [1.807, 2.05) is 6.92 Å². The summed E-state index contributed by atoms with van der Waals surface area (Å²) in [6.45, 7) is 3.15. The monoisotopic (exact) mass is 214 g/mol. The molecule has 0 aliphatic carbocycles. The molecule has 1 rings (SSSR count). The molecule has 6 heteroatoms. The van der Waals surface area contributed by atoms with Crippen molar-refractivity contribution in [1.82, 2.24) is 0 Å². The Morgan fingerprint density at radius 3 is 2.50 bits per heavy atom. The predicted octanol–water partition coefficient (Wildman–Crippen LogP) is 0.566. The van der Waals surface area contributed by atoms with Gasteiger partial charge < -0.3 is 4.74 Å². The highest BCUT2D eigenvalue weighted by Crippen LogP contribution is 2.27. The van der Waals surface area contributed by atoms with Gasteiger partial charge in [0.2, 0.25) is 0 Å². The lowest BCUT2D eigenvalue weighted by Gasteiger charge is -2.37. The van der Waals surface area contributed by atoms with Crippen LogP contribution in [0.4, 0.5) is 0 Å². The van der Waals surface area contributed by atoms with Crippen molar-refractivity contribution in [2.24, 2.45) is 5.41 Å². The zero-order chi connectivity index (χ0) is 9.24. The van der Waals surface area contributed by atoms with E-state index in [0.717, 1.165) is 0 Å². The summed E-state index contributed by atoms with van der Waals surface area (Å²) < 4.78 is 31.2. The fraction of sp³-hybridized carbons (Fsp3) is 1.00. The van der Waals surface area contributed by atoms with Gasteiger partial charge in [0.1, 0.15) is 5.21 Å². The third kappa shape index (κ3) is 2.58. The summed E-state index contributed by atoms with van der Waals surface area (Å²) in [6, 6.07) is 0. The summed E-state index contributed by atoms with van der Waals surface area (Å²) in [5.74, 6) is 0. The molecule has 0 amide bonds. The van der Waals surface area contributed by atoms with E-state index in [9.17, 15) is 8.42 Å². The summed E-state index contributed by atoms with van der Waals surface area (Å²) in [7, 11) is -3.52. The quantitative estimate of drug-likeness (QED) is 0.507. The molecule has 0 atom stereocenters. The van der Waals surface area contributed by atoms with Crippen molar-refractivity contribution >= 4 is 21.7 Å². The van der Waals surface area contributed by atoms with E-state index < -0.39 is 15.3 Å². The average molecular weight is 215 g/mol. The first-order valence-electron chi connectivity index (χ1n) is 3.48. The molecular formula is C6H11ClO4S. The minimum absolute atomic E-state index is 0.154. The molecule has 0 aromatic carbocycles. The van der Waals surface area contributed by atoms with Gasteiger partial charge >= 0.3 is 0 Å². The molecule has 1 aliphatic heterocycles. The number of hydrogen-bond donors (Lipinski definition) is 0. The number of rotatable bonds is 4. The largest absolute Gasteiger partial charge is 0.380 e. The van der Waals surface area contributed by atoms with Gasteiger partial charge in [0.15, 0.2) is 0 Å². The van der Waals surface area contributed by atoms with Crippen LogP contribution in [0.2, 0.25) is 0 Å². The maximum Gasteiger partial charge on any atom is 0.281 e. The molecule has 0 spiro atoms. The molecule has 0 N–H and O–H groups in total. The minimum Gasteiger partial charge on any atom is -0.380 e. The minimum atomic E-state index is -3.52. The second kappa shape index (κ2) is 3.49. The second-order valence-corrected chi connectivity index (χ2v) is 5.46. The third-order valence-electron chi connectivity index (χ3n) is 1.62. The van der Waals surface area contributed by atoms with Crippen molar-refractivity contribution in [3.05, 3.63) is 0 Å². The van der Waals surface area contributed by atoms with Gasteiger partial charge in [-0.2, -0.15) is 8.42 Å². The van der Waals surface area contributed by atoms with Crippen molar-refractivity contribution in [3.8, 4) is 0 Å². The van der Waals surface area contributed by atoms with E-state index in [1.54, 1.807) is 0 Å². The fourth-order valence-electron chi connectivity index (χ4n) is 0.797. The van der Waals surface area contributed by atoms with Crippen LogP contribution < -0.4 is 0 Å². The molecule has 0 aromatic rings. The van der Waals surface area contributed by atoms with Gasteiger partial charge in [0, 0.05) is 5.41 Å². The Morgan fingerprint density at radius 2 is 2.17 bits per heavy atom. The Balaban J connectivity index is 2.35. The smallest absolute Gasteiger partial charge is 0.281 e. The zero-order valence-electron chi connectivity index (χ0n) is 6.75. The molecular weight excluding hydrogens is 204 g/mol. The van der Waals surface area contributed by atoms with Crippen LogP contribution >= 0.6 is 11.6 Å². The van der Waals surface area contributed by atoms with E-state index >= 15 is 0 Å². The fourth-order valence-corrected chi connectivity index (χ4v) is 1.51. The molecule has 0 bridgehead atoms. The molecule has 1 aliphatic rings. The first-order valence-corrected chi connectivity index (χ1v) is 5.59. The van der Waals surface area contributed by atoms with Crippen molar-refractivity contribution in [3.63, 3.8) is 0 Å². The van der Waals surface area contributed by atoms with Crippen LogP contribution in [0, 0.1) is 5.41 Å². The zero-order valence-corrected chi connectivity index (χ0v) is 8.32. The first kappa shape index (κ1) is 10.2. The van der Waals surface area contributed by atoms with Gasteiger partial charge in [0.05, 0.1) is 19.8 Å². The van der Waals surface area contributed by atoms with Gasteiger partial charge in [0.25, 0.3) is 10.1 Å². The number of alkyl halides is 1. The van der Waals surface area contributed by atoms with Crippen LogP contribution in [0.5, 0.6) is 0 Å². The second-order valence-electron chi connectivity index (χ2n) is 3.23. The topological polar surface area (TPSA) is 52.6 Å². The van der Waals surface area contributed by atoms with Crippen LogP contribution in [0.15, 0.2) is 0 Å². The Kier molecular flexibility index (Phi) is 2.98. The Bertz CT molecular complexity index is 244. The summed E-state index contributed by atoms with van der Waals surface area (Å²) in [4.78, 5) is 0. The highest BCUT2D eigenvalue weighted by molar-refractivity contribution is 7.87. The highest BCUT2D eigenvalue weighted by Gasteiger charge is 2.35. The molecule has 72 valence electrons. The van der Waals surface area contributed by atoms with Crippen LogP contribution in [-0.4, -0.2) is 33.5 Å². The molecule has 1 fully saturated rings. The van der Waals surface area contributed by atoms with Crippen LogP contribution in [0.3, 0.4) is 0 Å². The van der Waals surface area contributed by atoms with Gasteiger partial charge in [-0.15, -0.1) is 11.6 Å². The number of ether oxygens (including phenoxy) is 1. The van der Waals surface area contributed by atoms with Gasteiger partial charge in [-0.3, -0.25) is 4.18 Å². The first-order chi connectivity index (χ1) is 5.47. The summed E-state index contributed by atoms with van der Waals surface area (Å²) in [5.41, 5.74) is -0.154. The van der Waals surface area contributed by atoms with Crippen LogP contribution in [0.25, 0.3) is 0 Å². The van der Waals surface area contributed by atoms with E-state index in [2.05, 4.69) is 4.18 Å². The van der Waals surface area contributed by atoms with Gasteiger partial charge in [-0.05, 0) is 0 Å². The van der Waals surface area contributed by atoms with Gasteiger partial charge in [-0.1, -0.05) is 6.92 Å². The molecule has 0 aromatic heterocycles. The van der Waals surface area contributed by atoms with Crippen molar-refractivity contribution < 1.29 is 17.3 Å². The maximum atomic E-state index is 10.8. The van der Waals surface area contributed by atoms with E-state index in [4.69, 9.17) is 16.3 Å². The molecule has 12 heavy (non-hydrogen) atoms. The number of halogens is 1. The Labute approximate surface area is 76.9 Å². The lowest BCUT2D eigenvalue weighted by molar-refractivity contribution is -0.119. The van der Waals surface area contributed by atoms with E-state index in [0.29, 0.717) is 13.2 Å². The molecule has 0 unspecified atom stereocenters. The normalized spacial score (nSPS) is 21.8. The predicted molar refractivity (Wildman–Crippen MR) is 44.5 cm³/mol. The summed E-state index contributed by atoms with van der Waals surface area (Å²) in [5, 5.41) is -0.496. The van der Waals surface area contributed by atoms with Crippen LogP contribution in [-0.2, 0) is 19.0 Å². The molecule has 0 radical (unpaired) electrons. The summed E-state index contributed by atoms with van der Waals surface area (Å²) >= 11 is 5.14. The molecule has 4 nitrogen and oxygen atoms in total. The summed E-state index contributed by atoms with van der Waals surface area (Å²) in [6.07, 6.45) is 0. The molecule has 1 heterocycles. The lowest BCUT2D eigenvalue weighted by atomic mass is 9.90. The SMILES string of the molecule is CC1(COS(=O)(=O)CCl)COC1. The van der Waals surface area contributed by atoms with Gasteiger partial charge in [-0.25, -0.2) is 0 Å². The van der Waals surface area contributed by atoms with Crippen molar-refractivity contribution in [1.29, 1.82) is 0 Å². The third-order valence-corrected chi connectivity index (χ3v) is 3.17. The lowest BCUT2D eigenvalue weighted by Crippen LogP contribution is -2.44. The van der Waals surface area contributed by atoms with E-state index in [-0.39, 0.29) is 12.0 Å². The number of hydrogen-bond acceptors (Lipinski definition) is 4. The molecule has 1 saturated heterocycles. The standard InChI is InChI=1S/C6H11ClO4S/c1-6(2-10-3-6)4-11-12(8,9)5-7/h2-5H2,1H3. The Morgan fingerprint density at radius 1 is 1.58 bits per heavy atom. The molecule has 0 saturated carbocycles. The maximum absolute atomic E-state index is 10.8.